The molecule has 1 heterocycles. The van der Waals surface area contributed by atoms with Gasteiger partial charge in [-0.15, -0.1) is 0 Å². The van der Waals surface area contributed by atoms with Gasteiger partial charge in [0, 0.05) is 24.5 Å². The van der Waals surface area contributed by atoms with Crippen molar-refractivity contribution in [1.82, 2.24) is 10.3 Å². The third-order valence-corrected chi connectivity index (χ3v) is 4.53. The standard InChI is InChI=1S/C23H25N3O2/c1-17(19-6-4-3-5-7-19)26-20-13-15-24-22(16-20)23(27)25-14-12-18-8-10-21(28-2)11-9-18/h3-11,13,15-17H,12,14H2,1-2H3,(H,24,26)(H,25,27). The van der Waals surface area contributed by atoms with Gasteiger partial charge in [0.2, 0.25) is 0 Å². The molecule has 0 spiro atoms. The lowest BCUT2D eigenvalue weighted by atomic mass is 10.1. The molecule has 2 aromatic carbocycles. The monoisotopic (exact) mass is 375 g/mol. The van der Waals surface area contributed by atoms with Crippen LogP contribution in [0.4, 0.5) is 5.69 Å². The number of ether oxygens (including phenoxy) is 1. The van der Waals surface area contributed by atoms with Gasteiger partial charge < -0.3 is 15.4 Å². The van der Waals surface area contributed by atoms with Crippen LogP contribution >= 0.6 is 0 Å². The molecule has 2 N–H and O–H groups in total. The van der Waals surface area contributed by atoms with Gasteiger partial charge in [-0.05, 0) is 48.7 Å². The van der Waals surface area contributed by atoms with Crippen molar-refractivity contribution in [1.29, 1.82) is 0 Å². The molecule has 5 heteroatoms. The van der Waals surface area contributed by atoms with Crippen LogP contribution in [0.2, 0.25) is 0 Å². The summed E-state index contributed by atoms with van der Waals surface area (Å²) >= 11 is 0. The van der Waals surface area contributed by atoms with E-state index in [4.69, 9.17) is 4.74 Å². The number of hydrogen-bond donors (Lipinski definition) is 2. The number of amides is 1. The van der Waals surface area contributed by atoms with Crippen LogP contribution < -0.4 is 15.4 Å². The Labute approximate surface area is 165 Å². The van der Waals surface area contributed by atoms with E-state index in [2.05, 4.69) is 34.7 Å². The number of benzene rings is 2. The van der Waals surface area contributed by atoms with Crippen LogP contribution in [0, 0.1) is 0 Å². The molecule has 28 heavy (non-hydrogen) atoms. The average molecular weight is 375 g/mol. The van der Waals surface area contributed by atoms with Crippen molar-refractivity contribution < 1.29 is 9.53 Å². The first-order valence-corrected chi connectivity index (χ1v) is 9.34. The predicted octanol–water partition coefficient (Wildman–Crippen LogP) is 4.24. The van der Waals surface area contributed by atoms with Crippen molar-refractivity contribution in [3.63, 3.8) is 0 Å². The van der Waals surface area contributed by atoms with E-state index in [1.165, 1.54) is 5.56 Å². The number of rotatable bonds is 8. The number of aromatic nitrogens is 1. The smallest absolute Gasteiger partial charge is 0.269 e. The number of methoxy groups -OCH3 is 1. The van der Waals surface area contributed by atoms with Crippen LogP contribution in [-0.4, -0.2) is 24.5 Å². The second kappa shape index (κ2) is 9.55. The summed E-state index contributed by atoms with van der Waals surface area (Å²) in [5.41, 5.74) is 3.60. The Morgan fingerprint density at radius 1 is 1.07 bits per heavy atom. The van der Waals surface area contributed by atoms with Gasteiger partial charge in [-0.2, -0.15) is 0 Å². The second-order valence-corrected chi connectivity index (χ2v) is 6.56. The van der Waals surface area contributed by atoms with Crippen LogP contribution in [0.15, 0.2) is 72.9 Å². The molecule has 144 valence electrons. The van der Waals surface area contributed by atoms with Crippen LogP contribution in [-0.2, 0) is 6.42 Å². The van der Waals surface area contributed by atoms with Crippen molar-refractivity contribution in [3.05, 3.63) is 89.7 Å². The Hall–Kier alpha value is -3.34. The van der Waals surface area contributed by atoms with E-state index in [1.807, 2.05) is 48.5 Å². The SMILES string of the molecule is COc1ccc(CCNC(=O)c2cc(NC(C)c3ccccc3)ccn2)cc1. The topological polar surface area (TPSA) is 63.2 Å². The van der Waals surface area contributed by atoms with Gasteiger partial charge in [0.25, 0.3) is 5.91 Å². The highest BCUT2D eigenvalue weighted by molar-refractivity contribution is 5.93. The van der Waals surface area contributed by atoms with Crippen molar-refractivity contribution in [2.45, 2.75) is 19.4 Å². The number of anilines is 1. The van der Waals surface area contributed by atoms with E-state index in [1.54, 1.807) is 19.4 Å². The molecule has 3 rings (SSSR count). The first kappa shape index (κ1) is 19.4. The number of nitrogens with one attached hydrogen (secondary N) is 2. The van der Waals surface area contributed by atoms with E-state index in [9.17, 15) is 4.79 Å². The van der Waals surface area contributed by atoms with Crippen molar-refractivity contribution in [2.75, 3.05) is 19.0 Å². The zero-order chi connectivity index (χ0) is 19.8. The number of carbonyl (C=O) groups is 1. The molecule has 1 unspecified atom stereocenters. The molecule has 0 fully saturated rings. The molecule has 3 aromatic rings. The number of hydrogen-bond acceptors (Lipinski definition) is 4. The third kappa shape index (κ3) is 5.33. The summed E-state index contributed by atoms with van der Waals surface area (Å²) in [7, 11) is 1.64. The maximum atomic E-state index is 12.4. The number of pyridine rings is 1. The summed E-state index contributed by atoms with van der Waals surface area (Å²) in [6.07, 6.45) is 2.40. The Morgan fingerprint density at radius 3 is 2.54 bits per heavy atom. The summed E-state index contributed by atoms with van der Waals surface area (Å²) in [5.74, 6) is 0.649. The molecule has 5 nitrogen and oxygen atoms in total. The molecule has 0 saturated carbocycles. The van der Waals surface area contributed by atoms with E-state index >= 15 is 0 Å². The largest absolute Gasteiger partial charge is 0.497 e. The summed E-state index contributed by atoms with van der Waals surface area (Å²) in [4.78, 5) is 16.6. The van der Waals surface area contributed by atoms with Gasteiger partial charge in [-0.3, -0.25) is 9.78 Å². The second-order valence-electron chi connectivity index (χ2n) is 6.56. The minimum atomic E-state index is -0.176. The normalized spacial score (nSPS) is 11.5. The predicted molar refractivity (Wildman–Crippen MR) is 112 cm³/mol. The molecular weight excluding hydrogens is 350 g/mol. The zero-order valence-electron chi connectivity index (χ0n) is 16.2. The van der Waals surface area contributed by atoms with Gasteiger partial charge >= 0.3 is 0 Å². The molecule has 0 bridgehead atoms. The lowest BCUT2D eigenvalue weighted by Gasteiger charge is -2.16. The third-order valence-electron chi connectivity index (χ3n) is 4.53. The molecule has 1 atom stereocenters. The quantitative estimate of drug-likeness (QED) is 0.618. The van der Waals surface area contributed by atoms with Gasteiger partial charge in [-0.25, -0.2) is 0 Å². The average Bonchev–Trinajstić information content (AvgIpc) is 2.75. The summed E-state index contributed by atoms with van der Waals surface area (Å²) < 4.78 is 5.15. The Kier molecular flexibility index (Phi) is 6.63. The Balaban J connectivity index is 1.54. The fraction of sp³-hybridized carbons (Fsp3) is 0.217. The van der Waals surface area contributed by atoms with Gasteiger partial charge in [0.15, 0.2) is 0 Å². The highest BCUT2D eigenvalue weighted by Gasteiger charge is 2.10. The molecule has 0 aliphatic rings. The van der Waals surface area contributed by atoms with E-state index < -0.39 is 0 Å². The first-order valence-electron chi connectivity index (χ1n) is 9.34. The molecule has 1 aromatic heterocycles. The first-order chi connectivity index (χ1) is 13.7. The molecule has 0 aliphatic heterocycles. The maximum Gasteiger partial charge on any atom is 0.269 e. The van der Waals surface area contributed by atoms with Crippen LogP contribution in [0.25, 0.3) is 0 Å². The molecular formula is C23H25N3O2. The summed E-state index contributed by atoms with van der Waals surface area (Å²) in [5, 5.41) is 6.34. The van der Waals surface area contributed by atoms with Gasteiger partial charge in [-0.1, -0.05) is 42.5 Å². The molecule has 1 amide bonds. The number of nitrogens with zero attached hydrogens (tertiary/aromatic N) is 1. The number of carbonyl (C=O) groups excluding carboxylic acids is 1. The summed E-state index contributed by atoms with van der Waals surface area (Å²) in [6, 6.07) is 21.8. The van der Waals surface area contributed by atoms with Crippen molar-refractivity contribution in [3.8, 4) is 5.75 Å². The zero-order valence-corrected chi connectivity index (χ0v) is 16.2. The van der Waals surface area contributed by atoms with Crippen LogP contribution in [0.5, 0.6) is 5.75 Å². The fourth-order valence-corrected chi connectivity index (χ4v) is 2.92. The minimum absolute atomic E-state index is 0.134. The lowest BCUT2D eigenvalue weighted by molar-refractivity contribution is 0.0949. The van der Waals surface area contributed by atoms with Crippen LogP contribution in [0.3, 0.4) is 0 Å². The van der Waals surface area contributed by atoms with Crippen molar-refractivity contribution >= 4 is 11.6 Å². The molecule has 0 aliphatic carbocycles. The van der Waals surface area contributed by atoms with E-state index in [-0.39, 0.29) is 11.9 Å². The molecule has 0 saturated heterocycles. The van der Waals surface area contributed by atoms with Gasteiger partial charge in [0.05, 0.1) is 7.11 Å². The Bertz CT molecular complexity index is 895. The van der Waals surface area contributed by atoms with E-state index in [0.29, 0.717) is 12.2 Å². The van der Waals surface area contributed by atoms with E-state index in [0.717, 1.165) is 23.4 Å². The highest BCUT2D eigenvalue weighted by atomic mass is 16.5. The highest BCUT2D eigenvalue weighted by Crippen LogP contribution is 2.19. The summed E-state index contributed by atoms with van der Waals surface area (Å²) in [6.45, 7) is 2.63. The van der Waals surface area contributed by atoms with Crippen LogP contribution in [0.1, 0.15) is 34.6 Å². The van der Waals surface area contributed by atoms with Crippen molar-refractivity contribution in [2.24, 2.45) is 0 Å². The Morgan fingerprint density at radius 2 is 1.82 bits per heavy atom. The maximum absolute atomic E-state index is 12.4. The minimum Gasteiger partial charge on any atom is -0.497 e. The van der Waals surface area contributed by atoms with Gasteiger partial charge in [0.1, 0.15) is 11.4 Å². The fourth-order valence-electron chi connectivity index (χ4n) is 2.92. The molecule has 0 radical (unpaired) electrons. The lowest BCUT2D eigenvalue weighted by Crippen LogP contribution is -2.26.